The molecule has 0 radical (unpaired) electrons. The van der Waals surface area contributed by atoms with Gasteiger partial charge in [-0.1, -0.05) is 27.7 Å². The standard InChI is InChI=1S/C13H27NO/c1-6-15-9-7-8-14-10-11-12(2,3)13(11,4)5/h11,14H,6-10H2,1-5H3. The van der Waals surface area contributed by atoms with Crippen LogP contribution in [0.4, 0.5) is 0 Å². The molecule has 1 fully saturated rings. The van der Waals surface area contributed by atoms with E-state index in [1.54, 1.807) is 0 Å². The van der Waals surface area contributed by atoms with E-state index in [9.17, 15) is 0 Å². The van der Waals surface area contributed by atoms with Crippen molar-refractivity contribution in [3.8, 4) is 0 Å². The van der Waals surface area contributed by atoms with E-state index < -0.39 is 0 Å². The zero-order valence-corrected chi connectivity index (χ0v) is 11.0. The van der Waals surface area contributed by atoms with Crippen molar-refractivity contribution in [3.05, 3.63) is 0 Å². The highest BCUT2D eigenvalue weighted by molar-refractivity contribution is 5.12. The lowest BCUT2D eigenvalue weighted by molar-refractivity contribution is 0.144. The molecule has 0 aliphatic heterocycles. The fourth-order valence-corrected chi connectivity index (χ4v) is 2.53. The molecule has 1 N–H and O–H groups in total. The first-order chi connectivity index (χ1) is 6.94. The summed E-state index contributed by atoms with van der Waals surface area (Å²) in [4.78, 5) is 0. The van der Waals surface area contributed by atoms with Crippen molar-refractivity contribution in [2.75, 3.05) is 26.3 Å². The highest BCUT2D eigenvalue weighted by Gasteiger charge is 2.63. The Morgan fingerprint density at radius 3 is 2.20 bits per heavy atom. The van der Waals surface area contributed by atoms with Crippen molar-refractivity contribution in [1.29, 1.82) is 0 Å². The minimum Gasteiger partial charge on any atom is -0.382 e. The molecule has 0 atom stereocenters. The van der Waals surface area contributed by atoms with E-state index in [0.717, 1.165) is 38.6 Å². The summed E-state index contributed by atoms with van der Waals surface area (Å²) in [6.07, 6.45) is 1.13. The number of rotatable bonds is 7. The Bertz CT molecular complexity index is 185. The van der Waals surface area contributed by atoms with Crippen molar-refractivity contribution in [1.82, 2.24) is 5.32 Å². The lowest BCUT2D eigenvalue weighted by Gasteiger charge is -2.05. The zero-order valence-electron chi connectivity index (χ0n) is 11.0. The molecule has 15 heavy (non-hydrogen) atoms. The second-order valence-electron chi connectivity index (χ2n) is 5.75. The van der Waals surface area contributed by atoms with Crippen LogP contribution in [0.1, 0.15) is 41.0 Å². The predicted octanol–water partition coefficient (Wildman–Crippen LogP) is 2.68. The molecule has 90 valence electrons. The van der Waals surface area contributed by atoms with Gasteiger partial charge in [-0.05, 0) is 43.2 Å². The molecule has 1 saturated carbocycles. The van der Waals surface area contributed by atoms with Crippen LogP contribution in [0.2, 0.25) is 0 Å². The van der Waals surface area contributed by atoms with E-state index in [-0.39, 0.29) is 0 Å². The van der Waals surface area contributed by atoms with Crippen LogP contribution in [0, 0.1) is 16.7 Å². The Kier molecular flexibility index (Phi) is 4.19. The van der Waals surface area contributed by atoms with E-state index in [0.29, 0.717) is 10.8 Å². The Morgan fingerprint density at radius 1 is 1.13 bits per heavy atom. The number of hydrogen-bond acceptors (Lipinski definition) is 2. The van der Waals surface area contributed by atoms with Crippen molar-refractivity contribution in [2.45, 2.75) is 41.0 Å². The van der Waals surface area contributed by atoms with Gasteiger partial charge >= 0.3 is 0 Å². The van der Waals surface area contributed by atoms with Gasteiger partial charge in [-0.2, -0.15) is 0 Å². The summed E-state index contributed by atoms with van der Waals surface area (Å²) in [5, 5.41) is 3.54. The summed E-state index contributed by atoms with van der Waals surface area (Å²) in [6, 6.07) is 0. The summed E-state index contributed by atoms with van der Waals surface area (Å²) < 4.78 is 5.30. The van der Waals surface area contributed by atoms with Crippen molar-refractivity contribution >= 4 is 0 Å². The number of ether oxygens (including phenoxy) is 1. The van der Waals surface area contributed by atoms with Gasteiger partial charge in [0.05, 0.1) is 0 Å². The second kappa shape index (κ2) is 4.84. The normalized spacial score (nSPS) is 23.0. The first-order valence-electron chi connectivity index (χ1n) is 6.23. The van der Waals surface area contributed by atoms with Crippen LogP contribution in [-0.4, -0.2) is 26.3 Å². The van der Waals surface area contributed by atoms with Crippen LogP contribution in [0.25, 0.3) is 0 Å². The van der Waals surface area contributed by atoms with Crippen LogP contribution in [0.15, 0.2) is 0 Å². The topological polar surface area (TPSA) is 21.3 Å². The third-order valence-electron chi connectivity index (χ3n) is 4.51. The van der Waals surface area contributed by atoms with Crippen molar-refractivity contribution < 1.29 is 4.74 Å². The lowest BCUT2D eigenvalue weighted by Crippen LogP contribution is -2.21. The Labute approximate surface area is 94.8 Å². The predicted molar refractivity (Wildman–Crippen MR) is 65.0 cm³/mol. The SMILES string of the molecule is CCOCCCNCC1C(C)(C)C1(C)C. The smallest absolute Gasteiger partial charge is 0.0477 e. The average Bonchev–Trinajstić information content (AvgIpc) is 2.52. The minimum atomic E-state index is 0.514. The van der Waals surface area contributed by atoms with E-state index in [2.05, 4.69) is 33.0 Å². The van der Waals surface area contributed by atoms with Gasteiger partial charge in [0.15, 0.2) is 0 Å². The maximum absolute atomic E-state index is 5.30. The molecule has 0 aromatic heterocycles. The number of nitrogens with one attached hydrogen (secondary N) is 1. The van der Waals surface area contributed by atoms with Gasteiger partial charge in [-0.25, -0.2) is 0 Å². The molecule has 0 aromatic rings. The second-order valence-corrected chi connectivity index (χ2v) is 5.75. The molecule has 2 nitrogen and oxygen atoms in total. The highest BCUT2D eigenvalue weighted by atomic mass is 16.5. The summed E-state index contributed by atoms with van der Waals surface area (Å²) in [5.74, 6) is 0.831. The Balaban J connectivity index is 2.03. The summed E-state index contributed by atoms with van der Waals surface area (Å²) in [7, 11) is 0. The fourth-order valence-electron chi connectivity index (χ4n) is 2.53. The molecular weight excluding hydrogens is 186 g/mol. The molecule has 0 unspecified atom stereocenters. The largest absolute Gasteiger partial charge is 0.382 e. The molecule has 0 saturated heterocycles. The minimum absolute atomic E-state index is 0.514. The monoisotopic (exact) mass is 213 g/mol. The van der Waals surface area contributed by atoms with E-state index >= 15 is 0 Å². The quantitative estimate of drug-likeness (QED) is 0.657. The number of hydrogen-bond donors (Lipinski definition) is 1. The maximum atomic E-state index is 5.30. The Morgan fingerprint density at radius 2 is 1.73 bits per heavy atom. The molecule has 1 aliphatic carbocycles. The van der Waals surface area contributed by atoms with Crippen LogP contribution >= 0.6 is 0 Å². The molecule has 0 bridgehead atoms. The van der Waals surface area contributed by atoms with Gasteiger partial charge in [0.25, 0.3) is 0 Å². The molecule has 0 spiro atoms. The summed E-state index contributed by atoms with van der Waals surface area (Å²) >= 11 is 0. The third kappa shape index (κ3) is 2.73. The van der Waals surface area contributed by atoms with Gasteiger partial charge in [-0.15, -0.1) is 0 Å². The highest BCUT2D eigenvalue weighted by Crippen LogP contribution is 2.67. The van der Waals surface area contributed by atoms with Gasteiger partial charge < -0.3 is 10.1 Å². The zero-order chi connectivity index (χ0) is 11.5. The third-order valence-corrected chi connectivity index (χ3v) is 4.51. The van der Waals surface area contributed by atoms with Crippen LogP contribution in [0.5, 0.6) is 0 Å². The van der Waals surface area contributed by atoms with Crippen LogP contribution < -0.4 is 5.32 Å². The fraction of sp³-hybridized carbons (Fsp3) is 1.00. The summed E-state index contributed by atoms with van der Waals surface area (Å²) in [5.41, 5.74) is 1.03. The first-order valence-corrected chi connectivity index (χ1v) is 6.23. The van der Waals surface area contributed by atoms with E-state index in [1.807, 2.05) is 6.92 Å². The van der Waals surface area contributed by atoms with Gasteiger partial charge in [0.2, 0.25) is 0 Å². The molecule has 1 aliphatic rings. The molecule has 1 rings (SSSR count). The van der Waals surface area contributed by atoms with E-state index in [4.69, 9.17) is 4.74 Å². The molecule has 2 heteroatoms. The molecule has 0 amide bonds. The van der Waals surface area contributed by atoms with Crippen molar-refractivity contribution in [3.63, 3.8) is 0 Å². The molecule has 0 heterocycles. The van der Waals surface area contributed by atoms with Gasteiger partial charge in [-0.3, -0.25) is 0 Å². The van der Waals surface area contributed by atoms with Crippen LogP contribution in [-0.2, 0) is 4.74 Å². The lowest BCUT2D eigenvalue weighted by atomic mass is 10.0. The van der Waals surface area contributed by atoms with Crippen molar-refractivity contribution in [2.24, 2.45) is 16.7 Å². The maximum Gasteiger partial charge on any atom is 0.0477 e. The van der Waals surface area contributed by atoms with Gasteiger partial charge in [0, 0.05) is 13.2 Å². The molecular formula is C13H27NO. The first kappa shape index (κ1) is 13.0. The molecule has 0 aromatic carbocycles. The Hall–Kier alpha value is -0.0800. The summed E-state index contributed by atoms with van der Waals surface area (Å²) in [6.45, 7) is 15.5. The van der Waals surface area contributed by atoms with Crippen LogP contribution in [0.3, 0.4) is 0 Å². The van der Waals surface area contributed by atoms with Gasteiger partial charge in [0.1, 0.15) is 0 Å². The van der Waals surface area contributed by atoms with E-state index in [1.165, 1.54) is 0 Å². The average molecular weight is 213 g/mol.